The molecule has 3 aromatic rings. The van der Waals surface area contributed by atoms with Gasteiger partial charge >= 0.3 is 11.6 Å². The molecule has 0 fully saturated rings. The van der Waals surface area contributed by atoms with Gasteiger partial charge in [-0.2, -0.15) is 0 Å². The van der Waals surface area contributed by atoms with E-state index in [9.17, 15) is 9.59 Å². The van der Waals surface area contributed by atoms with Crippen LogP contribution in [0.5, 0.6) is 5.75 Å². The Hall–Kier alpha value is -3.08. The van der Waals surface area contributed by atoms with Crippen LogP contribution in [0.4, 0.5) is 0 Å². The second kappa shape index (κ2) is 8.08. The molecule has 1 aromatic heterocycles. The lowest BCUT2D eigenvalue weighted by atomic mass is 9.99. The molecule has 0 spiro atoms. The molecule has 0 aliphatic rings. The Balaban J connectivity index is 2.11. The van der Waals surface area contributed by atoms with Gasteiger partial charge in [0.05, 0.1) is 6.61 Å². The molecule has 1 heterocycles. The van der Waals surface area contributed by atoms with E-state index >= 15 is 0 Å². The maximum Gasteiger partial charge on any atom is 0.347 e. The second-order valence-electron chi connectivity index (χ2n) is 6.17. The number of rotatable bonds is 6. The molecule has 0 aliphatic heterocycles. The van der Waals surface area contributed by atoms with Crippen LogP contribution in [0.3, 0.4) is 0 Å². The minimum Gasteiger partial charge on any atom is -0.479 e. The summed E-state index contributed by atoms with van der Waals surface area (Å²) < 4.78 is 16.2. The van der Waals surface area contributed by atoms with Crippen LogP contribution in [0, 0.1) is 0 Å². The van der Waals surface area contributed by atoms with Crippen molar-refractivity contribution in [3.8, 4) is 16.9 Å². The predicted octanol–water partition coefficient (Wildman–Crippen LogP) is 4.35. The Morgan fingerprint density at radius 2 is 1.85 bits per heavy atom. The van der Waals surface area contributed by atoms with Gasteiger partial charge < -0.3 is 13.9 Å². The monoisotopic (exact) mass is 366 g/mol. The Labute approximate surface area is 157 Å². The third-order valence-corrected chi connectivity index (χ3v) is 4.31. The Kier molecular flexibility index (Phi) is 5.60. The van der Waals surface area contributed by atoms with Crippen LogP contribution < -0.4 is 10.4 Å². The van der Waals surface area contributed by atoms with Crippen LogP contribution in [0.15, 0.2) is 57.7 Å². The third kappa shape index (κ3) is 4.03. The van der Waals surface area contributed by atoms with Crippen molar-refractivity contribution in [3.63, 3.8) is 0 Å². The maximum absolute atomic E-state index is 12.1. The lowest BCUT2D eigenvalue weighted by Gasteiger charge is -2.17. The average molecular weight is 366 g/mol. The van der Waals surface area contributed by atoms with Crippen molar-refractivity contribution >= 4 is 16.9 Å². The number of ether oxygens (including phenoxy) is 2. The first-order valence-electron chi connectivity index (χ1n) is 9.03. The molecular formula is C22H22O5. The molecule has 0 radical (unpaired) electrons. The predicted molar refractivity (Wildman–Crippen MR) is 104 cm³/mol. The van der Waals surface area contributed by atoms with E-state index in [1.807, 2.05) is 43.3 Å². The van der Waals surface area contributed by atoms with E-state index in [0.29, 0.717) is 24.4 Å². The molecule has 2 aromatic carbocycles. The van der Waals surface area contributed by atoms with E-state index < -0.39 is 17.7 Å². The minimum atomic E-state index is -0.753. The van der Waals surface area contributed by atoms with Gasteiger partial charge in [-0.1, -0.05) is 37.3 Å². The summed E-state index contributed by atoms with van der Waals surface area (Å²) >= 11 is 0. The molecule has 0 N–H and O–H groups in total. The number of aryl methyl sites for hydroxylation is 1. The summed E-state index contributed by atoms with van der Waals surface area (Å²) in [5.74, 6) is 0.0815. The van der Waals surface area contributed by atoms with Gasteiger partial charge in [0.25, 0.3) is 0 Å². The highest BCUT2D eigenvalue weighted by atomic mass is 16.6. The highest BCUT2D eigenvalue weighted by Crippen LogP contribution is 2.33. The van der Waals surface area contributed by atoms with Crippen molar-refractivity contribution in [3.05, 3.63) is 64.5 Å². The van der Waals surface area contributed by atoms with E-state index in [1.54, 1.807) is 19.9 Å². The van der Waals surface area contributed by atoms with Gasteiger partial charge in [0, 0.05) is 17.5 Å². The summed E-state index contributed by atoms with van der Waals surface area (Å²) in [6, 6.07) is 14.8. The summed E-state index contributed by atoms with van der Waals surface area (Å²) in [4.78, 5) is 24.0. The zero-order valence-corrected chi connectivity index (χ0v) is 15.7. The lowest BCUT2D eigenvalue weighted by Crippen LogP contribution is -2.26. The number of hydrogen-bond acceptors (Lipinski definition) is 5. The van der Waals surface area contributed by atoms with Gasteiger partial charge in [-0.05, 0) is 43.0 Å². The van der Waals surface area contributed by atoms with Crippen LogP contribution >= 0.6 is 0 Å². The smallest absolute Gasteiger partial charge is 0.347 e. The van der Waals surface area contributed by atoms with Crippen molar-refractivity contribution in [1.82, 2.24) is 0 Å². The maximum atomic E-state index is 12.1. The SMILES string of the molecule is CCOC(=O)C(C)Oc1cc2oc(=O)cc(-c3ccccc3)c2cc1CC. The van der Waals surface area contributed by atoms with E-state index in [1.165, 1.54) is 6.07 Å². The molecule has 140 valence electrons. The highest BCUT2D eigenvalue weighted by molar-refractivity contribution is 5.94. The molecule has 0 amide bonds. The molecule has 3 rings (SSSR count). The van der Waals surface area contributed by atoms with Crippen LogP contribution in [0.2, 0.25) is 0 Å². The van der Waals surface area contributed by atoms with E-state index in [4.69, 9.17) is 13.9 Å². The Bertz CT molecular complexity index is 1000. The van der Waals surface area contributed by atoms with Crippen molar-refractivity contribution in [2.45, 2.75) is 33.3 Å². The fraction of sp³-hybridized carbons (Fsp3) is 0.273. The fourth-order valence-electron chi connectivity index (χ4n) is 2.98. The molecule has 0 saturated heterocycles. The summed E-state index contributed by atoms with van der Waals surface area (Å²) in [5.41, 5.74) is 2.65. The Morgan fingerprint density at radius 1 is 1.11 bits per heavy atom. The number of carbonyl (C=O) groups is 1. The topological polar surface area (TPSA) is 65.7 Å². The summed E-state index contributed by atoms with van der Waals surface area (Å²) in [7, 11) is 0. The quantitative estimate of drug-likeness (QED) is 0.479. The van der Waals surface area contributed by atoms with Crippen LogP contribution in [0.1, 0.15) is 26.3 Å². The van der Waals surface area contributed by atoms with Gasteiger partial charge in [0.1, 0.15) is 11.3 Å². The van der Waals surface area contributed by atoms with Crippen LogP contribution in [0.25, 0.3) is 22.1 Å². The second-order valence-corrected chi connectivity index (χ2v) is 6.17. The van der Waals surface area contributed by atoms with E-state index in [-0.39, 0.29) is 0 Å². The van der Waals surface area contributed by atoms with Crippen molar-refractivity contribution in [1.29, 1.82) is 0 Å². The molecule has 27 heavy (non-hydrogen) atoms. The van der Waals surface area contributed by atoms with Gasteiger partial charge in [0.2, 0.25) is 0 Å². The lowest BCUT2D eigenvalue weighted by molar-refractivity contribution is -0.150. The molecule has 0 saturated carbocycles. The van der Waals surface area contributed by atoms with E-state index in [0.717, 1.165) is 22.1 Å². The number of esters is 1. The Morgan fingerprint density at radius 3 is 2.52 bits per heavy atom. The van der Waals surface area contributed by atoms with Crippen LogP contribution in [-0.2, 0) is 16.0 Å². The molecular weight excluding hydrogens is 344 g/mol. The van der Waals surface area contributed by atoms with Gasteiger partial charge in [0.15, 0.2) is 6.10 Å². The van der Waals surface area contributed by atoms with Gasteiger partial charge in [-0.15, -0.1) is 0 Å². The molecule has 1 atom stereocenters. The fourth-order valence-corrected chi connectivity index (χ4v) is 2.98. The van der Waals surface area contributed by atoms with Crippen LogP contribution in [-0.4, -0.2) is 18.7 Å². The van der Waals surface area contributed by atoms with Crippen molar-refractivity contribution in [2.75, 3.05) is 6.61 Å². The molecule has 0 aliphatic carbocycles. The molecule has 1 unspecified atom stereocenters. The van der Waals surface area contributed by atoms with E-state index in [2.05, 4.69) is 0 Å². The van der Waals surface area contributed by atoms with Crippen molar-refractivity contribution in [2.24, 2.45) is 0 Å². The zero-order chi connectivity index (χ0) is 19.4. The first kappa shape index (κ1) is 18.7. The van der Waals surface area contributed by atoms with Gasteiger partial charge in [-0.25, -0.2) is 9.59 Å². The molecule has 5 heteroatoms. The average Bonchev–Trinajstić information content (AvgIpc) is 2.67. The molecule has 5 nitrogen and oxygen atoms in total. The standard InChI is InChI=1S/C22H22O5/c1-4-15-11-18-17(16-9-7-6-8-10-16)12-21(23)27-20(18)13-19(15)26-14(3)22(24)25-5-2/h6-14H,4-5H2,1-3H3. The number of hydrogen-bond donors (Lipinski definition) is 0. The van der Waals surface area contributed by atoms with Crippen molar-refractivity contribution < 1.29 is 18.7 Å². The summed E-state index contributed by atoms with van der Waals surface area (Å²) in [6.45, 7) is 5.68. The minimum absolute atomic E-state index is 0.292. The highest BCUT2D eigenvalue weighted by Gasteiger charge is 2.19. The number of fused-ring (bicyclic) bond motifs is 1. The first-order chi connectivity index (χ1) is 13.0. The summed E-state index contributed by atoms with van der Waals surface area (Å²) in [6.07, 6.45) is -0.0505. The molecule has 0 bridgehead atoms. The largest absolute Gasteiger partial charge is 0.479 e. The first-order valence-corrected chi connectivity index (χ1v) is 9.03. The van der Waals surface area contributed by atoms with Gasteiger partial charge in [-0.3, -0.25) is 0 Å². The normalized spacial score (nSPS) is 12.0. The third-order valence-electron chi connectivity index (χ3n) is 4.31. The number of carbonyl (C=O) groups excluding carboxylic acids is 1. The number of benzene rings is 2. The zero-order valence-electron chi connectivity index (χ0n) is 15.7. The summed E-state index contributed by atoms with van der Waals surface area (Å²) in [5, 5.41) is 0.828.